The number of aliphatic hydroxyl groups is 1. The van der Waals surface area contributed by atoms with Crippen molar-refractivity contribution >= 4 is 23.0 Å². The summed E-state index contributed by atoms with van der Waals surface area (Å²) in [5, 5.41) is 10.3. The molecule has 32 heavy (non-hydrogen) atoms. The van der Waals surface area contributed by atoms with Crippen molar-refractivity contribution in [3.8, 4) is 0 Å². The van der Waals surface area contributed by atoms with Crippen LogP contribution < -0.4 is 0 Å². The van der Waals surface area contributed by atoms with Crippen LogP contribution in [0.4, 0.5) is 4.79 Å². The van der Waals surface area contributed by atoms with E-state index in [4.69, 9.17) is 13.9 Å². The molecule has 0 spiro atoms. The van der Waals surface area contributed by atoms with Gasteiger partial charge in [-0.15, -0.1) is 0 Å². The van der Waals surface area contributed by atoms with E-state index in [2.05, 4.69) is 0 Å². The highest BCUT2D eigenvalue weighted by atomic mass is 16.6. The summed E-state index contributed by atoms with van der Waals surface area (Å²) < 4.78 is 16.9. The van der Waals surface area contributed by atoms with Gasteiger partial charge in [-0.2, -0.15) is 0 Å². The number of furan rings is 1. The predicted molar refractivity (Wildman–Crippen MR) is 121 cm³/mol. The molecule has 2 atom stereocenters. The monoisotopic (exact) mass is 445 g/mol. The molecule has 1 saturated heterocycles. The largest absolute Gasteiger partial charge is 0.460 e. The van der Waals surface area contributed by atoms with Gasteiger partial charge in [-0.1, -0.05) is 12.1 Å². The molecular weight excluding hydrogens is 410 g/mol. The lowest BCUT2D eigenvalue weighted by Crippen LogP contribution is -2.38. The third-order valence-electron chi connectivity index (χ3n) is 5.45. The molecule has 1 aliphatic heterocycles. The molecule has 0 radical (unpaired) electrons. The lowest BCUT2D eigenvalue weighted by molar-refractivity contribution is -0.161. The molecule has 1 N–H and O–H groups in total. The molecule has 176 valence electrons. The van der Waals surface area contributed by atoms with Gasteiger partial charge < -0.3 is 23.9 Å². The Balaban J connectivity index is 1.85. The van der Waals surface area contributed by atoms with E-state index in [1.807, 2.05) is 65.8 Å². The molecule has 1 unspecified atom stereocenters. The lowest BCUT2D eigenvalue weighted by Gasteiger charge is -2.28. The number of hydrogen-bond donors (Lipinski definition) is 1. The van der Waals surface area contributed by atoms with Crippen LogP contribution in [-0.2, 0) is 27.3 Å². The fraction of sp³-hybridized carbons (Fsp3) is 0.600. The summed E-state index contributed by atoms with van der Waals surface area (Å²) in [6.07, 6.45) is 0.808. The van der Waals surface area contributed by atoms with Crippen LogP contribution in [0, 0.1) is 11.8 Å². The van der Waals surface area contributed by atoms with Crippen LogP contribution in [0.25, 0.3) is 11.0 Å². The Morgan fingerprint density at radius 3 is 2.47 bits per heavy atom. The van der Waals surface area contributed by atoms with Crippen molar-refractivity contribution in [3.05, 3.63) is 35.6 Å². The molecule has 1 aromatic heterocycles. The van der Waals surface area contributed by atoms with Crippen molar-refractivity contribution in [3.63, 3.8) is 0 Å². The second kappa shape index (κ2) is 9.14. The number of aliphatic hydroxyl groups excluding tert-OH is 1. The third kappa shape index (κ3) is 6.03. The van der Waals surface area contributed by atoms with E-state index in [1.165, 1.54) is 0 Å². The van der Waals surface area contributed by atoms with Crippen LogP contribution >= 0.6 is 0 Å². The Hall–Kier alpha value is -2.54. The van der Waals surface area contributed by atoms with Gasteiger partial charge in [-0.05, 0) is 78.0 Å². The zero-order valence-corrected chi connectivity index (χ0v) is 19.9. The average molecular weight is 446 g/mol. The summed E-state index contributed by atoms with van der Waals surface area (Å²) in [6.45, 7) is 11.9. The standard InChI is InChI=1S/C25H35NO6/c1-24(2,3)31-22(28)20(17-10-11-26(14-17)23(29)32-25(4,5)6)12-16-8-7-9-21-19(16)13-18(15-27)30-21/h7-9,13,17,20,27H,10-12,14-15H2,1-6H3/t17-,20?/m0/s1. The van der Waals surface area contributed by atoms with Crippen LogP contribution in [0.5, 0.6) is 0 Å². The fourth-order valence-corrected chi connectivity index (χ4v) is 4.09. The van der Waals surface area contributed by atoms with Gasteiger partial charge in [0, 0.05) is 18.5 Å². The minimum Gasteiger partial charge on any atom is -0.460 e. The van der Waals surface area contributed by atoms with Crippen molar-refractivity contribution in [1.29, 1.82) is 0 Å². The first-order chi connectivity index (χ1) is 14.9. The molecule has 1 amide bonds. The number of amides is 1. The Labute approximate surface area is 189 Å². The second-order valence-corrected chi connectivity index (χ2v) is 10.5. The van der Waals surface area contributed by atoms with E-state index in [9.17, 15) is 14.7 Å². The van der Waals surface area contributed by atoms with Crippen molar-refractivity contribution in [2.24, 2.45) is 11.8 Å². The van der Waals surface area contributed by atoms with Gasteiger partial charge in [0.2, 0.25) is 0 Å². The van der Waals surface area contributed by atoms with Crippen molar-refractivity contribution in [1.82, 2.24) is 4.90 Å². The average Bonchev–Trinajstić information content (AvgIpc) is 3.30. The Morgan fingerprint density at radius 2 is 1.84 bits per heavy atom. The summed E-state index contributed by atoms with van der Waals surface area (Å²) in [7, 11) is 0. The fourth-order valence-electron chi connectivity index (χ4n) is 4.09. The second-order valence-electron chi connectivity index (χ2n) is 10.5. The first-order valence-corrected chi connectivity index (χ1v) is 11.2. The highest BCUT2D eigenvalue weighted by molar-refractivity contribution is 5.83. The van der Waals surface area contributed by atoms with Gasteiger partial charge in [0.15, 0.2) is 0 Å². The molecule has 1 fully saturated rings. The number of nitrogens with zero attached hydrogens (tertiary/aromatic N) is 1. The Kier molecular flexibility index (Phi) is 6.89. The number of hydrogen-bond acceptors (Lipinski definition) is 6. The quantitative estimate of drug-likeness (QED) is 0.672. The van der Waals surface area contributed by atoms with Gasteiger partial charge in [-0.3, -0.25) is 4.79 Å². The van der Waals surface area contributed by atoms with Crippen LogP contribution in [0.15, 0.2) is 28.7 Å². The molecule has 2 aromatic rings. The summed E-state index contributed by atoms with van der Waals surface area (Å²) in [5.41, 5.74) is 0.458. The molecule has 7 nitrogen and oxygen atoms in total. The molecule has 3 rings (SSSR count). The minimum atomic E-state index is -0.607. The number of carbonyl (C=O) groups is 2. The number of rotatable bonds is 5. The molecule has 7 heteroatoms. The van der Waals surface area contributed by atoms with E-state index in [-0.39, 0.29) is 24.6 Å². The van der Waals surface area contributed by atoms with Gasteiger partial charge in [-0.25, -0.2) is 4.79 Å². The smallest absolute Gasteiger partial charge is 0.410 e. The highest BCUT2D eigenvalue weighted by Gasteiger charge is 2.39. The van der Waals surface area contributed by atoms with Gasteiger partial charge >= 0.3 is 12.1 Å². The molecule has 1 aliphatic rings. The zero-order chi connectivity index (χ0) is 23.7. The van der Waals surface area contributed by atoms with Crippen LogP contribution in [0.1, 0.15) is 59.3 Å². The van der Waals surface area contributed by atoms with Crippen molar-refractivity contribution in [2.75, 3.05) is 13.1 Å². The number of carbonyl (C=O) groups excluding carboxylic acids is 2. The third-order valence-corrected chi connectivity index (χ3v) is 5.45. The molecule has 1 aromatic carbocycles. The number of fused-ring (bicyclic) bond motifs is 1. The van der Waals surface area contributed by atoms with Crippen LogP contribution in [0.2, 0.25) is 0 Å². The van der Waals surface area contributed by atoms with Crippen LogP contribution in [-0.4, -0.2) is 46.4 Å². The van der Waals surface area contributed by atoms with Crippen LogP contribution in [0.3, 0.4) is 0 Å². The Morgan fingerprint density at radius 1 is 1.16 bits per heavy atom. The molecule has 0 aliphatic carbocycles. The maximum absolute atomic E-state index is 13.2. The number of likely N-dealkylation sites (tertiary alicyclic amines) is 1. The van der Waals surface area contributed by atoms with E-state index in [0.29, 0.717) is 37.3 Å². The summed E-state index contributed by atoms with van der Waals surface area (Å²) in [6, 6.07) is 7.52. The van der Waals surface area contributed by atoms with E-state index in [0.717, 1.165) is 10.9 Å². The van der Waals surface area contributed by atoms with Gasteiger partial charge in [0.25, 0.3) is 0 Å². The predicted octanol–water partition coefficient (Wildman–Crippen LogP) is 4.68. The normalized spacial score (nSPS) is 18.1. The SMILES string of the molecule is CC(C)(C)OC(=O)C(Cc1cccc2oc(CO)cc12)[C@H]1CCN(C(=O)OC(C)(C)C)C1. The lowest BCUT2D eigenvalue weighted by atomic mass is 9.85. The summed E-state index contributed by atoms with van der Waals surface area (Å²) in [5.74, 6) is -0.244. The maximum Gasteiger partial charge on any atom is 0.410 e. The number of ether oxygens (including phenoxy) is 2. The summed E-state index contributed by atoms with van der Waals surface area (Å²) >= 11 is 0. The Bertz CT molecular complexity index is 965. The highest BCUT2D eigenvalue weighted by Crippen LogP contribution is 2.33. The maximum atomic E-state index is 13.2. The van der Waals surface area contributed by atoms with E-state index >= 15 is 0 Å². The summed E-state index contributed by atoms with van der Waals surface area (Å²) in [4.78, 5) is 27.5. The first-order valence-electron chi connectivity index (χ1n) is 11.2. The first kappa shape index (κ1) is 24.1. The van der Waals surface area contributed by atoms with Gasteiger partial charge in [0.05, 0.1) is 5.92 Å². The molecule has 0 bridgehead atoms. The zero-order valence-electron chi connectivity index (χ0n) is 19.9. The number of esters is 1. The minimum absolute atomic E-state index is 0.0446. The van der Waals surface area contributed by atoms with E-state index in [1.54, 1.807) is 4.90 Å². The topological polar surface area (TPSA) is 89.2 Å². The molecular formula is C25H35NO6. The number of benzene rings is 1. The molecule has 2 heterocycles. The van der Waals surface area contributed by atoms with Gasteiger partial charge in [0.1, 0.15) is 29.2 Å². The molecule has 0 saturated carbocycles. The van der Waals surface area contributed by atoms with Crippen molar-refractivity contribution in [2.45, 2.75) is 72.2 Å². The van der Waals surface area contributed by atoms with E-state index < -0.39 is 17.1 Å². The van der Waals surface area contributed by atoms with Crippen molar-refractivity contribution < 1.29 is 28.6 Å².